The van der Waals surface area contributed by atoms with Crippen molar-refractivity contribution in [2.24, 2.45) is 0 Å². The van der Waals surface area contributed by atoms with Crippen molar-refractivity contribution in [1.82, 2.24) is 14.9 Å². The summed E-state index contributed by atoms with van der Waals surface area (Å²) >= 11 is 0. The normalized spacial score (nSPS) is 15.6. The number of anilines is 1. The first-order valence-electron chi connectivity index (χ1n) is 9.13. The molecule has 1 saturated heterocycles. The third-order valence-corrected chi connectivity index (χ3v) is 4.84. The minimum absolute atomic E-state index is 0.0386. The summed E-state index contributed by atoms with van der Waals surface area (Å²) in [5.74, 6) is -2.22. The molecular weight excluding hydrogens is 387 g/mol. The lowest BCUT2D eigenvalue weighted by atomic mass is 10.1. The molecular formula is C22H17FN4O3. The van der Waals surface area contributed by atoms with Crippen LogP contribution < -0.4 is 10.2 Å². The van der Waals surface area contributed by atoms with Crippen LogP contribution in [0.1, 0.15) is 17.0 Å². The summed E-state index contributed by atoms with van der Waals surface area (Å²) in [5.41, 5.74) is 2.98. The van der Waals surface area contributed by atoms with Gasteiger partial charge in [-0.3, -0.25) is 19.9 Å². The lowest BCUT2D eigenvalue weighted by molar-refractivity contribution is -0.122. The Morgan fingerprint density at radius 2 is 1.80 bits per heavy atom. The highest BCUT2D eigenvalue weighted by molar-refractivity contribution is 6.39. The van der Waals surface area contributed by atoms with E-state index in [2.05, 4.69) is 10.3 Å². The van der Waals surface area contributed by atoms with Crippen LogP contribution in [-0.2, 0) is 9.59 Å². The van der Waals surface area contributed by atoms with Gasteiger partial charge in [-0.1, -0.05) is 6.07 Å². The number of halogens is 1. The predicted molar refractivity (Wildman–Crippen MR) is 108 cm³/mol. The molecule has 0 saturated carbocycles. The maximum atomic E-state index is 13.6. The summed E-state index contributed by atoms with van der Waals surface area (Å²) in [6.07, 6.45) is 4.81. The lowest BCUT2D eigenvalue weighted by Gasteiger charge is -2.26. The van der Waals surface area contributed by atoms with E-state index >= 15 is 0 Å². The van der Waals surface area contributed by atoms with Crippen LogP contribution >= 0.6 is 0 Å². The molecule has 8 heteroatoms. The molecule has 0 radical (unpaired) electrons. The van der Waals surface area contributed by atoms with Crippen molar-refractivity contribution in [3.05, 3.63) is 83.2 Å². The van der Waals surface area contributed by atoms with Crippen molar-refractivity contribution in [2.45, 2.75) is 13.8 Å². The van der Waals surface area contributed by atoms with E-state index in [1.54, 1.807) is 12.4 Å². The first-order chi connectivity index (χ1) is 14.4. The van der Waals surface area contributed by atoms with Gasteiger partial charge in [0.15, 0.2) is 0 Å². The Hall–Kier alpha value is -4.07. The first kappa shape index (κ1) is 19.3. The number of pyridine rings is 1. The highest BCUT2D eigenvalue weighted by Gasteiger charge is 2.37. The number of carbonyl (C=O) groups is 3. The SMILES string of the molecule is Cc1cc(C=C2C(=O)NC(=O)N(c3cccc(F)c3)C2=O)c(C)n1-c1cccnc1. The number of barbiturate groups is 1. The fraction of sp³-hybridized carbons (Fsp3) is 0.0909. The molecule has 4 amide bonds. The summed E-state index contributed by atoms with van der Waals surface area (Å²) in [6.45, 7) is 3.75. The van der Waals surface area contributed by atoms with Gasteiger partial charge >= 0.3 is 6.03 Å². The Kier molecular flexibility index (Phi) is 4.75. The van der Waals surface area contributed by atoms with Crippen LogP contribution in [-0.4, -0.2) is 27.4 Å². The minimum atomic E-state index is -0.923. The first-order valence-corrected chi connectivity index (χ1v) is 9.13. The van der Waals surface area contributed by atoms with E-state index < -0.39 is 23.7 Å². The van der Waals surface area contributed by atoms with Gasteiger partial charge in [-0.15, -0.1) is 0 Å². The highest BCUT2D eigenvalue weighted by atomic mass is 19.1. The summed E-state index contributed by atoms with van der Waals surface area (Å²) in [6, 6.07) is 9.67. The second kappa shape index (κ2) is 7.40. The fourth-order valence-electron chi connectivity index (χ4n) is 3.48. The number of amides is 4. The van der Waals surface area contributed by atoms with Crippen LogP contribution in [0.4, 0.5) is 14.9 Å². The number of aryl methyl sites for hydroxylation is 1. The third kappa shape index (κ3) is 3.28. The number of benzene rings is 1. The Morgan fingerprint density at radius 1 is 1.03 bits per heavy atom. The molecule has 2 aromatic heterocycles. The summed E-state index contributed by atoms with van der Waals surface area (Å²) in [5, 5.41) is 2.14. The summed E-state index contributed by atoms with van der Waals surface area (Å²) in [4.78, 5) is 42.5. The van der Waals surface area contributed by atoms with Gasteiger partial charge in [-0.05, 0) is 61.9 Å². The zero-order chi connectivity index (χ0) is 21.4. The zero-order valence-electron chi connectivity index (χ0n) is 16.2. The average Bonchev–Trinajstić information content (AvgIpc) is 2.99. The van der Waals surface area contributed by atoms with E-state index in [0.717, 1.165) is 28.0 Å². The Bertz CT molecular complexity index is 1210. The number of imide groups is 2. The second-order valence-corrected chi connectivity index (χ2v) is 6.81. The van der Waals surface area contributed by atoms with E-state index in [9.17, 15) is 18.8 Å². The molecule has 1 aliphatic heterocycles. The van der Waals surface area contributed by atoms with Crippen molar-refractivity contribution in [2.75, 3.05) is 4.90 Å². The van der Waals surface area contributed by atoms with Crippen LogP contribution in [0.25, 0.3) is 11.8 Å². The smallest absolute Gasteiger partial charge is 0.316 e. The number of nitrogens with one attached hydrogen (secondary N) is 1. The molecule has 30 heavy (non-hydrogen) atoms. The Labute approximate surface area is 171 Å². The average molecular weight is 404 g/mol. The van der Waals surface area contributed by atoms with Crippen LogP contribution in [0, 0.1) is 19.7 Å². The molecule has 0 bridgehead atoms. The number of aromatic nitrogens is 2. The molecule has 1 fully saturated rings. The molecule has 1 N–H and O–H groups in total. The van der Waals surface area contributed by atoms with Gasteiger partial charge in [0.05, 0.1) is 17.6 Å². The van der Waals surface area contributed by atoms with E-state index in [1.165, 1.54) is 24.3 Å². The van der Waals surface area contributed by atoms with E-state index in [0.29, 0.717) is 5.56 Å². The monoisotopic (exact) mass is 404 g/mol. The maximum Gasteiger partial charge on any atom is 0.335 e. The maximum absolute atomic E-state index is 13.6. The quantitative estimate of drug-likeness (QED) is 0.536. The highest BCUT2D eigenvalue weighted by Crippen LogP contribution is 2.26. The lowest BCUT2D eigenvalue weighted by Crippen LogP contribution is -2.54. The van der Waals surface area contributed by atoms with E-state index in [4.69, 9.17) is 0 Å². The number of hydrogen-bond donors (Lipinski definition) is 1. The summed E-state index contributed by atoms with van der Waals surface area (Å²) < 4.78 is 15.5. The molecule has 0 spiro atoms. The molecule has 150 valence electrons. The zero-order valence-corrected chi connectivity index (χ0v) is 16.2. The largest absolute Gasteiger partial charge is 0.335 e. The van der Waals surface area contributed by atoms with Crippen molar-refractivity contribution in [3.8, 4) is 5.69 Å². The third-order valence-electron chi connectivity index (χ3n) is 4.84. The van der Waals surface area contributed by atoms with Gasteiger partial charge in [-0.2, -0.15) is 0 Å². The predicted octanol–water partition coefficient (Wildman–Crippen LogP) is 3.29. The second-order valence-electron chi connectivity index (χ2n) is 6.81. The molecule has 3 heterocycles. The fourth-order valence-corrected chi connectivity index (χ4v) is 3.48. The number of hydrogen-bond acceptors (Lipinski definition) is 4. The van der Waals surface area contributed by atoms with Crippen molar-refractivity contribution >= 4 is 29.6 Å². The number of carbonyl (C=O) groups excluding carboxylic acids is 3. The number of nitrogens with zero attached hydrogens (tertiary/aromatic N) is 3. The molecule has 1 aromatic carbocycles. The van der Waals surface area contributed by atoms with Crippen LogP contribution in [0.2, 0.25) is 0 Å². The van der Waals surface area contributed by atoms with Gasteiger partial charge in [0.25, 0.3) is 11.8 Å². The number of urea groups is 1. The molecule has 4 rings (SSSR count). The molecule has 0 unspecified atom stereocenters. The Balaban J connectivity index is 1.77. The van der Waals surface area contributed by atoms with Crippen LogP contribution in [0.3, 0.4) is 0 Å². The van der Waals surface area contributed by atoms with Crippen LogP contribution in [0.5, 0.6) is 0 Å². The molecule has 0 aliphatic carbocycles. The van der Waals surface area contributed by atoms with Gasteiger partial charge < -0.3 is 4.57 Å². The molecule has 0 atom stereocenters. The van der Waals surface area contributed by atoms with Crippen molar-refractivity contribution in [1.29, 1.82) is 0 Å². The van der Waals surface area contributed by atoms with Crippen molar-refractivity contribution in [3.63, 3.8) is 0 Å². The van der Waals surface area contributed by atoms with Crippen molar-refractivity contribution < 1.29 is 18.8 Å². The van der Waals surface area contributed by atoms with Crippen LogP contribution in [0.15, 0.2) is 60.4 Å². The number of rotatable bonds is 3. The topological polar surface area (TPSA) is 84.3 Å². The van der Waals surface area contributed by atoms with E-state index in [-0.39, 0.29) is 11.3 Å². The summed E-state index contributed by atoms with van der Waals surface area (Å²) in [7, 11) is 0. The Morgan fingerprint density at radius 3 is 2.50 bits per heavy atom. The molecule has 7 nitrogen and oxygen atoms in total. The molecule has 1 aliphatic rings. The molecule has 3 aromatic rings. The van der Waals surface area contributed by atoms with Gasteiger partial charge in [0, 0.05) is 17.6 Å². The standard InChI is InChI=1S/C22H17FN4O3/c1-13-9-15(14(2)26(13)18-7-4-8-24-12-18)10-19-20(28)25-22(30)27(21(19)29)17-6-3-5-16(23)11-17/h3-12H,1-2H3,(H,25,28,30). The minimum Gasteiger partial charge on any atom is -0.316 e. The van der Waals surface area contributed by atoms with E-state index in [1.807, 2.05) is 36.6 Å². The van der Waals surface area contributed by atoms with Gasteiger partial charge in [-0.25, -0.2) is 14.1 Å². The van der Waals surface area contributed by atoms with Gasteiger partial charge in [0.2, 0.25) is 0 Å². The van der Waals surface area contributed by atoms with Gasteiger partial charge in [0.1, 0.15) is 11.4 Å².